The Morgan fingerprint density at radius 1 is 0.800 bits per heavy atom. The van der Waals surface area contributed by atoms with E-state index in [0.29, 0.717) is 21.7 Å². The van der Waals surface area contributed by atoms with E-state index in [-0.39, 0.29) is 33.9 Å². The smallest absolute Gasteiger partial charge is 0.198 e. The van der Waals surface area contributed by atoms with Crippen LogP contribution in [0.1, 0.15) is 31.8 Å². The van der Waals surface area contributed by atoms with Crippen molar-refractivity contribution >= 4 is 28.9 Å². The van der Waals surface area contributed by atoms with Gasteiger partial charge in [-0.05, 0) is 23.8 Å². The third kappa shape index (κ3) is 2.22. The molecule has 3 aromatic carbocycles. The van der Waals surface area contributed by atoms with E-state index in [1.165, 1.54) is 6.07 Å². The number of phenolic OH excluding ortho intramolecular Hbond substituents is 1. The highest BCUT2D eigenvalue weighted by Crippen LogP contribution is 2.41. The molecule has 4 rings (SSSR count). The van der Waals surface area contributed by atoms with Gasteiger partial charge in [0.05, 0.1) is 16.8 Å². The predicted octanol–water partition coefficient (Wildman–Crippen LogP) is 4.07. The molecule has 0 spiro atoms. The third-order valence-electron chi connectivity index (χ3n) is 4.37. The summed E-state index contributed by atoms with van der Waals surface area (Å²) in [7, 11) is 0. The molecule has 122 valence electrons. The SMILES string of the molecule is Nc1c(-c2ccc(Cl)cc2)cc(O)c2c1C(=O)c1ccccc1C2=O. The quantitative estimate of drug-likeness (QED) is 0.401. The maximum absolute atomic E-state index is 12.9. The van der Waals surface area contributed by atoms with E-state index >= 15 is 0 Å². The van der Waals surface area contributed by atoms with Crippen molar-refractivity contribution in [3.63, 3.8) is 0 Å². The number of benzene rings is 3. The maximum Gasteiger partial charge on any atom is 0.198 e. The van der Waals surface area contributed by atoms with E-state index in [9.17, 15) is 14.7 Å². The Labute approximate surface area is 148 Å². The monoisotopic (exact) mass is 349 g/mol. The molecule has 4 nitrogen and oxygen atoms in total. The van der Waals surface area contributed by atoms with Gasteiger partial charge in [-0.15, -0.1) is 0 Å². The molecule has 25 heavy (non-hydrogen) atoms. The van der Waals surface area contributed by atoms with Crippen molar-refractivity contribution in [3.8, 4) is 16.9 Å². The molecule has 0 saturated carbocycles. The molecule has 0 saturated heterocycles. The van der Waals surface area contributed by atoms with Crippen LogP contribution in [-0.2, 0) is 0 Å². The molecule has 5 heteroatoms. The Bertz CT molecular complexity index is 1060. The average molecular weight is 350 g/mol. The number of carbonyl (C=O) groups is 2. The number of phenols is 1. The van der Waals surface area contributed by atoms with Gasteiger partial charge in [0, 0.05) is 21.7 Å². The summed E-state index contributed by atoms with van der Waals surface area (Å²) in [4.78, 5) is 25.6. The van der Waals surface area contributed by atoms with Crippen molar-refractivity contribution < 1.29 is 14.7 Å². The van der Waals surface area contributed by atoms with Crippen LogP contribution < -0.4 is 5.73 Å². The standard InChI is InChI=1S/C20H12ClNO3/c21-11-7-5-10(6-8-11)14-9-15(23)16-17(18(14)22)20(25)13-4-2-1-3-12(13)19(16)24/h1-9,23H,22H2. The zero-order chi connectivity index (χ0) is 17.7. The van der Waals surface area contributed by atoms with Gasteiger partial charge in [-0.2, -0.15) is 0 Å². The van der Waals surface area contributed by atoms with Gasteiger partial charge in [0.25, 0.3) is 0 Å². The molecule has 0 heterocycles. The molecule has 3 N–H and O–H groups in total. The number of nitrogen functional groups attached to an aromatic ring is 1. The van der Waals surface area contributed by atoms with Gasteiger partial charge < -0.3 is 10.8 Å². The molecule has 0 aliphatic heterocycles. The van der Waals surface area contributed by atoms with Gasteiger partial charge in [0.1, 0.15) is 5.75 Å². The summed E-state index contributed by atoms with van der Waals surface area (Å²) in [6.07, 6.45) is 0. The first-order chi connectivity index (χ1) is 12.0. The first-order valence-electron chi connectivity index (χ1n) is 7.59. The number of hydrogen-bond donors (Lipinski definition) is 2. The molecule has 0 bridgehead atoms. The van der Waals surface area contributed by atoms with Crippen LogP contribution in [0.2, 0.25) is 5.02 Å². The highest BCUT2D eigenvalue weighted by atomic mass is 35.5. The molecule has 0 atom stereocenters. The second-order valence-electron chi connectivity index (χ2n) is 5.82. The third-order valence-corrected chi connectivity index (χ3v) is 4.62. The number of aromatic hydroxyl groups is 1. The minimum atomic E-state index is -0.406. The van der Waals surface area contributed by atoms with E-state index < -0.39 is 5.78 Å². The highest BCUT2D eigenvalue weighted by molar-refractivity contribution is 6.32. The Kier molecular flexibility index (Phi) is 3.37. The summed E-state index contributed by atoms with van der Waals surface area (Å²) in [6, 6.07) is 14.8. The van der Waals surface area contributed by atoms with Crippen LogP contribution in [-0.4, -0.2) is 16.7 Å². The zero-order valence-corrected chi connectivity index (χ0v) is 13.7. The van der Waals surface area contributed by atoms with Crippen molar-refractivity contribution in [1.82, 2.24) is 0 Å². The number of halogens is 1. The first-order valence-corrected chi connectivity index (χ1v) is 7.96. The minimum absolute atomic E-state index is 0.0427. The summed E-state index contributed by atoms with van der Waals surface area (Å²) < 4.78 is 0. The van der Waals surface area contributed by atoms with Gasteiger partial charge in [-0.1, -0.05) is 48.0 Å². The van der Waals surface area contributed by atoms with Crippen LogP contribution in [0.3, 0.4) is 0 Å². The van der Waals surface area contributed by atoms with E-state index in [1.807, 2.05) is 0 Å². The lowest BCUT2D eigenvalue weighted by atomic mass is 9.81. The van der Waals surface area contributed by atoms with Crippen molar-refractivity contribution in [2.24, 2.45) is 0 Å². The Morgan fingerprint density at radius 2 is 1.36 bits per heavy atom. The van der Waals surface area contributed by atoms with Crippen molar-refractivity contribution in [3.05, 3.63) is 81.9 Å². The minimum Gasteiger partial charge on any atom is -0.507 e. The maximum atomic E-state index is 12.9. The number of hydrogen-bond acceptors (Lipinski definition) is 4. The number of ketones is 2. The topological polar surface area (TPSA) is 80.4 Å². The second-order valence-corrected chi connectivity index (χ2v) is 6.25. The fourth-order valence-electron chi connectivity index (χ4n) is 3.17. The summed E-state index contributed by atoms with van der Waals surface area (Å²) in [5.41, 5.74) is 8.15. The van der Waals surface area contributed by atoms with E-state index in [2.05, 4.69) is 0 Å². The van der Waals surface area contributed by atoms with Crippen LogP contribution in [0.5, 0.6) is 5.75 Å². The van der Waals surface area contributed by atoms with Gasteiger partial charge in [0.15, 0.2) is 11.6 Å². The highest BCUT2D eigenvalue weighted by Gasteiger charge is 2.34. The molecular formula is C20H12ClNO3. The Balaban J connectivity index is 2.01. The van der Waals surface area contributed by atoms with Crippen LogP contribution >= 0.6 is 11.6 Å². The number of rotatable bonds is 1. The second kappa shape index (κ2) is 5.46. The summed E-state index contributed by atoms with van der Waals surface area (Å²) in [6.45, 7) is 0. The molecule has 0 amide bonds. The molecule has 0 unspecified atom stereocenters. The molecule has 3 aromatic rings. The average Bonchev–Trinajstić information content (AvgIpc) is 2.62. The molecule has 1 aliphatic rings. The Morgan fingerprint density at radius 3 is 1.96 bits per heavy atom. The lowest BCUT2D eigenvalue weighted by molar-refractivity contribution is 0.0977. The lowest BCUT2D eigenvalue weighted by Crippen LogP contribution is -2.22. The van der Waals surface area contributed by atoms with Gasteiger partial charge in [-0.3, -0.25) is 9.59 Å². The predicted molar refractivity (Wildman–Crippen MR) is 96.3 cm³/mol. The summed E-state index contributed by atoms with van der Waals surface area (Å²) in [5, 5.41) is 11.0. The molecule has 0 radical (unpaired) electrons. The summed E-state index contributed by atoms with van der Waals surface area (Å²) >= 11 is 5.90. The van der Waals surface area contributed by atoms with Crippen LogP contribution in [0, 0.1) is 0 Å². The van der Waals surface area contributed by atoms with E-state index in [1.54, 1.807) is 48.5 Å². The lowest BCUT2D eigenvalue weighted by Gasteiger charge is -2.21. The molecule has 0 fully saturated rings. The molecular weight excluding hydrogens is 338 g/mol. The number of anilines is 1. The van der Waals surface area contributed by atoms with Crippen molar-refractivity contribution in [2.75, 3.05) is 5.73 Å². The first kappa shape index (κ1) is 15.4. The Hall–Kier alpha value is -3.11. The fraction of sp³-hybridized carbons (Fsp3) is 0. The number of carbonyl (C=O) groups excluding carboxylic acids is 2. The largest absolute Gasteiger partial charge is 0.507 e. The normalized spacial score (nSPS) is 12.7. The number of nitrogens with two attached hydrogens (primary N) is 1. The molecule has 0 aromatic heterocycles. The fourth-order valence-corrected chi connectivity index (χ4v) is 3.29. The van der Waals surface area contributed by atoms with Gasteiger partial charge in [0.2, 0.25) is 0 Å². The van der Waals surface area contributed by atoms with Crippen molar-refractivity contribution in [2.45, 2.75) is 0 Å². The van der Waals surface area contributed by atoms with E-state index in [0.717, 1.165) is 0 Å². The van der Waals surface area contributed by atoms with Crippen molar-refractivity contribution in [1.29, 1.82) is 0 Å². The van der Waals surface area contributed by atoms with E-state index in [4.69, 9.17) is 17.3 Å². The van der Waals surface area contributed by atoms with Crippen LogP contribution in [0.15, 0.2) is 54.6 Å². The van der Waals surface area contributed by atoms with Crippen LogP contribution in [0.4, 0.5) is 5.69 Å². The summed E-state index contributed by atoms with van der Waals surface area (Å²) in [5.74, 6) is -1.03. The zero-order valence-electron chi connectivity index (χ0n) is 12.9. The number of fused-ring (bicyclic) bond motifs is 2. The van der Waals surface area contributed by atoms with Gasteiger partial charge >= 0.3 is 0 Å². The molecule has 1 aliphatic carbocycles. The van der Waals surface area contributed by atoms with Crippen LogP contribution in [0.25, 0.3) is 11.1 Å². The van der Waals surface area contributed by atoms with Gasteiger partial charge in [-0.25, -0.2) is 0 Å².